The van der Waals surface area contributed by atoms with Gasteiger partial charge in [0.25, 0.3) is 0 Å². The van der Waals surface area contributed by atoms with E-state index >= 15 is 0 Å². The zero-order valence-corrected chi connectivity index (χ0v) is 11.5. The summed E-state index contributed by atoms with van der Waals surface area (Å²) in [6, 6.07) is 20.1. The zero-order valence-electron chi connectivity index (χ0n) is 11.5. The minimum absolute atomic E-state index is 0.0834. The highest BCUT2D eigenvalue weighted by molar-refractivity contribution is 5.80. The predicted octanol–water partition coefficient (Wildman–Crippen LogP) is 2.32. The molecule has 2 aromatic carbocycles. The molecule has 1 amide bonds. The summed E-state index contributed by atoms with van der Waals surface area (Å²) in [6.45, 7) is 1.94. The first-order chi connectivity index (χ1) is 9.68. The van der Waals surface area contributed by atoms with Gasteiger partial charge in [0.05, 0.1) is 0 Å². The summed E-state index contributed by atoms with van der Waals surface area (Å²) in [5, 5.41) is 12.1. The summed E-state index contributed by atoms with van der Waals surface area (Å²) in [5.74, 6) is -0.262. The van der Waals surface area contributed by atoms with E-state index in [1.807, 2.05) is 60.7 Å². The van der Waals surface area contributed by atoms with Gasteiger partial charge in [-0.1, -0.05) is 60.7 Å². The van der Waals surface area contributed by atoms with Crippen LogP contribution in [0.2, 0.25) is 0 Å². The van der Waals surface area contributed by atoms with Crippen LogP contribution in [0.3, 0.4) is 0 Å². The minimum Gasteiger partial charge on any atom is -0.384 e. The molecule has 3 heteroatoms. The summed E-state index contributed by atoms with van der Waals surface area (Å²) in [5.41, 5.74) is 2.29. The number of carbonyl (C=O) groups excluding carboxylic acids is 1. The average molecular weight is 269 g/mol. The van der Waals surface area contributed by atoms with Crippen LogP contribution in [0.5, 0.6) is 0 Å². The molecule has 0 spiro atoms. The van der Waals surface area contributed by atoms with Crippen LogP contribution in [0.25, 0.3) is 0 Å². The lowest BCUT2D eigenvalue weighted by atomic mass is 9.91. The number of aliphatic hydroxyl groups is 1. The first kappa shape index (κ1) is 14.3. The molecular formula is C17H19NO2. The Morgan fingerprint density at radius 2 is 1.45 bits per heavy atom. The number of hydrogen-bond donors (Lipinski definition) is 2. The number of benzene rings is 2. The Bertz CT molecular complexity index is 498. The molecule has 0 saturated carbocycles. The lowest BCUT2D eigenvalue weighted by Gasteiger charge is -2.19. The fourth-order valence-corrected chi connectivity index (χ4v) is 2.15. The third kappa shape index (κ3) is 3.68. The summed E-state index contributed by atoms with van der Waals surface area (Å²) in [4.78, 5) is 11.5. The molecule has 2 aromatic rings. The number of hydrogen-bond acceptors (Lipinski definition) is 2. The van der Waals surface area contributed by atoms with Gasteiger partial charge in [0.1, 0.15) is 6.10 Å². The standard InChI is InChI=1S/C17H19NO2/c1-13(19)17(20)18-12-16(14-8-4-2-5-9-14)15-10-6-3-7-11-15/h2-11,13,16,19H,12H2,1H3,(H,18,20). The zero-order chi connectivity index (χ0) is 14.4. The minimum atomic E-state index is -0.984. The molecule has 104 valence electrons. The summed E-state index contributed by atoms with van der Waals surface area (Å²) in [7, 11) is 0. The van der Waals surface area contributed by atoms with E-state index in [1.165, 1.54) is 6.92 Å². The summed E-state index contributed by atoms with van der Waals surface area (Å²) in [6.07, 6.45) is -0.984. The number of aliphatic hydroxyl groups excluding tert-OH is 1. The van der Waals surface area contributed by atoms with Gasteiger partial charge in [-0.15, -0.1) is 0 Å². The Labute approximate surface area is 119 Å². The van der Waals surface area contributed by atoms with Crippen molar-refractivity contribution in [1.82, 2.24) is 5.32 Å². The largest absolute Gasteiger partial charge is 0.384 e. The smallest absolute Gasteiger partial charge is 0.248 e. The first-order valence-electron chi connectivity index (χ1n) is 6.74. The van der Waals surface area contributed by atoms with Gasteiger partial charge in [0.2, 0.25) is 5.91 Å². The molecule has 0 saturated heterocycles. The van der Waals surface area contributed by atoms with Gasteiger partial charge in [-0.05, 0) is 18.1 Å². The molecule has 1 atom stereocenters. The molecule has 0 aliphatic carbocycles. The Hall–Kier alpha value is -2.13. The van der Waals surface area contributed by atoms with Crippen LogP contribution in [-0.4, -0.2) is 23.7 Å². The maximum atomic E-state index is 11.5. The Kier molecular flexibility index (Phi) is 4.91. The van der Waals surface area contributed by atoms with Gasteiger partial charge in [0.15, 0.2) is 0 Å². The Morgan fingerprint density at radius 1 is 1.00 bits per heavy atom. The second-order valence-electron chi connectivity index (χ2n) is 4.80. The predicted molar refractivity (Wildman–Crippen MR) is 79.4 cm³/mol. The van der Waals surface area contributed by atoms with Crippen LogP contribution >= 0.6 is 0 Å². The maximum Gasteiger partial charge on any atom is 0.248 e. The normalized spacial score (nSPS) is 12.2. The number of amides is 1. The highest BCUT2D eigenvalue weighted by Crippen LogP contribution is 2.23. The van der Waals surface area contributed by atoms with Gasteiger partial charge in [0, 0.05) is 12.5 Å². The van der Waals surface area contributed by atoms with Crippen molar-refractivity contribution < 1.29 is 9.90 Å². The van der Waals surface area contributed by atoms with Crippen molar-refractivity contribution in [3.05, 3.63) is 71.8 Å². The first-order valence-corrected chi connectivity index (χ1v) is 6.74. The van der Waals surface area contributed by atoms with Crippen LogP contribution in [-0.2, 0) is 4.79 Å². The van der Waals surface area contributed by atoms with E-state index in [1.54, 1.807) is 0 Å². The van der Waals surface area contributed by atoms with Crippen LogP contribution < -0.4 is 5.32 Å². The van der Waals surface area contributed by atoms with E-state index in [-0.39, 0.29) is 11.8 Å². The molecule has 0 aliphatic rings. The molecule has 0 bridgehead atoms. The molecule has 0 aromatic heterocycles. The molecule has 3 nitrogen and oxygen atoms in total. The van der Waals surface area contributed by atoms with Crippen LogP contribution in [0.15, 0.2) is 60.7 Å². The molecule has 0 heterocycles. The molecule has 0 aliphatic heterocycles. The van der Waals surface area contributed by atoms with Gasteiger partial charge in [-0.25, -0.2) is 0 Å². The Morgan fingerprint density at radius 3 is 1.85 bits per heavy atom. The molecule has 20 heavy (non-hydrogen) atoms. The van der Waals surface area contributed by atoms with Crippen molar-refractivity contribution in [2.75, 3.05) is 6.54 Å². The Balaban J connectivity index is 2.20. The van der Waals surface area contributed by atoms with E-state index in [0.717, 1.165) is 11.1 Å². The average Bonchev–Trinajstić information content (AvgIpc) is 2.49. The van der Waals surface area contributed by atoms with Crippen molar-refractivity contribution in [3.63, 3.8) is 0 Å². The molecule has 1 unspecified atom stereocenters. The SMILES string of the molecule is CC(O)C(=O)NCC(c1ccccc1)c1ccccc1. The van der Waals surface area contributed by atoms with Crippen molar-refractivity contribution in [3.8, 4) is 0 Å². The molecular weight excluding hydrogens is 250 g/mol. The molecule has 2 rings (SSSR count). The van der Waals surface area contributed by atoms with E-state index in [9.17, 15) is 9.90 Å². The van der Waals surface area contributed by atoms with Crippen LogP contribution in [0.1, 0.15) is 24.0 Å². The maximum absolute atomic E-state index is 11.5. The molecule has 2 N–H and O–H groups in total. The summed E-state index contributed by atoms with van der Waals surface area (Å²) < 4.78 is 0. The fraction of sp³-hybridized carbons (Fsp3) is 0.235. The third-order valence-electron chi connectivity index (χ3n) is 3.26. The number of rotatable bonds is 5. The topological polar surface area (TPSA) is 49.3 Å². The van der Waals surface area contributed by atoms with Crippen molar-refractivity contribution in [1.29, 1.82) is 0 Å². The lowest BCUT2D eigenvalue weighted by molar-refractivity contribution is -0.128. The fourth-order valence-electron chi connectivity index (χ4n) is 2.15. The van der Waals surface area contributed by atoms with Gasteiger partial charge in [-0.3, -0.25) is 4.79 Å². The van der Waals surface area contributed by atoms with Crippen molar-refractivity contribution >= 4 is 5.91 Å². The second-order valence-corrected chi connectivity index (χ2v) is 4.80. The lowest BCUT2D eigenvalue weighted by Crippen LogP contribution is -2.35. The van der Waals surface area contributed by atoms with Gasteiger partial charge >= 0.3 is 0 Å². The molecule has 0 fully saturated rings. The van der Waals surface area contributed by atoms with Gasteiger partial charge in [-0.2, -0.15) is 0 Å². The van der Waals surface area contributed by atoms with Crippen LogP contribution in [0.4, 0.5) is 0 Å². The molecule has 0 radical (unpaired) electrons. The van der Waals surface area contributed by atoms with Gasteiger partial charge < -0.3 is 10.4 Å². The number of nitrogens with one attached hydrogen (secondary N) is 1. The monoisotopic (exact) mass is 269 g/mol. The van der Waals surface area contributed by atoms with Crippen LogP contribution in [0, 0.1) is 0 Å². The second kappa shape index (κ2) is 6.87. The van der Waals surface area contributed by atoms with E-state index in [2.05, 4.69) is 5.32 Å². The van der Waals surface area contributed by atoms with E-state index in [0.29, 0.717) is 6.54 Å². The van der Waals surface area contributed by atoms with Crippen molar-refractivity contribution in [2.24, 2.45) is 0 Å². The number of carbonyl (C=O) groups is 1. The summed E-state index contributed by atoms with van der Waals surface area (Å²) >= 11 is 0. The van der Waals surface area contributed by atoms with E-state index in [4.69, 9.17) is 0 Å². The highest BCUT2D eigenvalue weighted by Gasteiger charge is 2.16. The highest BCUT2D eigenvalue weighted by atomic mass is 16.3. The van der Waals surface area contributed by atoms with E-state index < -0.39 is 6.10 Å². The van der Waals surface area contributed by atoms with Crippen molar-refractivity contribution in [2.45, 2.75) is 18.9 Å². The quantitative estimate of drug-likeness (QED) is 0.875. The third-order valence-corrected chi connectivity index (χ3v) is 3.26.